The van der Waals surface area contributed by atoms with E-state index in [4.69, 9.17) is 23.7 Å². The number of ether oxygens (including phenoxy) is 5. The van der Waals surface area contributed by atoms with Crippen molar-refractivity contribution in [1.82, 2.24) is 0 Å². The first-order valence-corrected chi connectivity index (χ1v) is 27.3. The van der Waals surface area contributed by atoms with Crippen LogP contribution in [0.4, 0.5) is 5.69 Å². The van der Waals surface area contributed by atoms with E-state index in [0.29, 0.717) is 23.7 Å². The van der Waals surface area contributed by atoms with Crippen LogP contribution in [-0.4, -0.2) is 34.3 Å². The maximum atomic E-state index is 14.0. The van der Waals surface area contributed by atoms with Gasteiger partial charge >= 0.3 is 0 Å². The minimum atomic E-state index is -1.03. The van der Waals surface area contributed by atoms with E-state index < -0.39 is 11.2 Å². The Morgan fingerprint density at radius 2 is 1.32 bits per heavy atom. The van der Waals surface area contributed by atoms with Crippen LogP contribution in [0, 0.1) is 12.8 Å². The molecule has 1 aliphatic heterocycles. The SMILES string of the molecule is CCCCCC1CCC(c2ccc(-c3ccc(NC(=O)c4ccc(-c5cc6c7c(c8c(c6cc5OC)OC(c5ccc(OC)cc5)(c5ccc(OC)cc5)C=C8)C(CC)(OC)c5ccccc5-7)c(C)c4)cc3)cc2)CC1. The van der Waals surface area contributed by atoms with E-state index in [2.05, 4.69) is 135 Å². The number of methoxy groups -OCH3 is 4. The van der Waals surface area contributed by atoms with Crippen molar-refractivity contribution in [3.05, 3.63) is 202 Å². The molecule has 1 amide bonds. The number of hydrogen-bond acceptors (Lipinski definition) is 6. The van der Waals surface area contributed by atoms with Crippen LogP contribution < -0.4 is 24.3 Å². The molecule has 1 unspecified atom stereocenters. The van der Waals surface area contributed by atoms with E-state index in [9.17, 15) is 4.79 Å². The Bertz CT molecular complexity index is 3390. The topological polar surface area (TPSA) is 75.3 Å². The van der Waals surface area contributed by atoms with Crippen molar-refractivity contribution >= 4 is 28.4 Å². The zero-order chi connectivity index (χ0) is 52.6. The quantitative estimate of drug-likeness (QED) is 0.0972. The second kappa shape index (κ2) is 21.2. The number of nitrogens with one attached hydrogen (secondary N) is 1. The summed E-state index contributed by atoms with van der Waals surface area (Å²) < 4.78 is 32.0. The molecule has 1 atom stereocenters. The van der Waals surface area contributed by atoms with Gasteiger partial charge in [-0.15, -0.1) is 0 Å². The number of fused-ring (bicyclic) bond motifs is 8. The Morgan fingerprint density at radius 1 is 0.658 bits per heavy atom. The maximum absolute atomic E-state index is 14.0. The Hall–Kier alpha value is -7.61. The van der Waals surface area contributed by atoms with E-state index in [0.717, 1.165) is 101 Å². The molecule has 0 aromatic heterocycles. The highest BCUT2D eigenvalue weighted by molar-refractivity contribution is 6.11. The summed E-state index contributed by atoms with van der Waals surface area (Å²) in [6.07, 6.45) is 15.9. The lowest BCUT2D eigenvalue weighted by molar-refractivity contribution is 0.0219. The first kappa shape index (κ1) is 50.5. The lowest BCUT2D eigenvalue weighted by Gasteiger charge is -2.39. The van der Waals surface area contributed by atoms with Crippen molar-refractivity contribution in [3.63, 3.8) is 0 Å². The van der Waals surface area contributed by atoms with Crippen molar-refractivity contribution in [2.24, 2.45) is 5.92 Å². The molecule has 0 radical (unpaired) electrons. The smallest absolute Gasteiger partial charge is 0.255 e. The molecular weight excluding hydrogens is 939 g/mol. The van der Waals surface area contributed by atoms with Crippen LogP contribution in [0.2, 0.25) is 0 Å². The van der Waals surface area contributed by atoms with Gasteiger partial charge in [-0.05, 0) is 167 Å². The molecule has 2 aliphatic carbocycles. The van der Waals surface area contributed by atoms with Crippen LogP contribution in [0.1, 0.15) is 127 Å². The van der Waals surface area contributed by atoms with Crippen molar-refractivity contribution in [3.8, 4) is 56.4 Å². The number of rotatable bonds is 16. The fraction of sp³-hybridized carbons (Fsp3) is 0.290. The molecule has 1 saturated carbocycles. The minimum absolute atomic E-state index is 0.170. The summed E-state index contributed by atoms with van der Waals surface area (Å²) in [6, 6.07) is 52.4. The van der Waals surface area contributed by atoms with Crippen molar-refractivity contribution in [1.29, 1.82) is 0 Å². The van der Waals surface area contributed by atoms with Gasteiger partial charge < -0.3 is 29.0 Å². The number of amides is 1. The molecule has 11 rings (SSSR count). The number of anilines is 1. The van der Waals surface area contributed by atoms with Gasteiger partial charge in [-0.3, -0.25) is 4.79 Å². The third-order valence-electron chi connectivity index (χ3n) is 17.0. The number of aryl methyl sites for hydroxylation is 1. The summed E-state index contributed by atoms with van der Waals surface area (Å²) in [5.74, 6) is 4.32. The molecule has 8 aromatic rings. The summed E-state index contributed by atoms with van der Waals surface area (Å²) in [6.45, 7) is 6.54. The predicted molar refractivity (Wildman–Crippen MR) is 309 cm³/mol. The first-order chi connectivity index (χ1) is 37.1. The molecule has 0 saturated heterocycles. The number of carbonyl (C=O) groups is 1. The van der Waals surface area contributed by atoms with E-state index in [1.807, 2.05) is 61.7 Å². The molecule has 1 heterocycles. The number of hydrogen-bond donors (Lipinski definition) is 1. The first-order valence-electron chi connectivity index (χ1n) is 27.3. The van der Waals surface area contributed by atoms with Crippen LogP contribution in [-0.2, 0) is 15.9 Å². The molecule has 386 valence electrons. The number of benzene rings is 8. The molecule has 7 nitrogen and oxygen atoms in total. The van der Waals surface area contributed by atoms with Crippen LogP contribution in [0.3, 0.4) is 0 Å². The van der Waals surface area contributed by atoms with E-state index in [1.54, 1.807) is 21.3 Å². The maximum Gasteiger partial charge on any atom is 0.255 e. The van der Waals surface area contributed by atoms with Gasteiger partial charge in [-0.1, -0.05) is 137 Å². The molecule has 3 aliphatic rings. The predicted octanol–water partition coefficient (Wildman–Crippen LogP) is 17.2. The highest BCUT2D eigenvalue weighted by Crippen LogP contribution is 2.60. The average molecular weight is 1010 g/mol. The standard InChI is InChI=1S/C69H69NO6/c1-8-10-11-14-45-17-19-46(20-18-45)47-21-23-48(24-22-47)49-25-32-53(33-26-49)70-67(71)50-27-38-56(44(3)41-50)59-42-60-61(43-63(59)74-6)66-58(65-64(60)57-15-12-13-16-62(57)68(65,9-2)75-7)39-40-69(76-66,51-28-34-54(72-4)35-29-51)52-30-36-55(73-5)37-31-52/h12-13,15-16,21-43,45-46H,8-11,14,17-20H2,1-7H3,(H,70,71). The largest absolute Gasteiger partial charge is 0.497 e. The average Bonchev–Trinajstić information content (AvgIpc) is 4.03. The van der Waals surface area contributed by atoms with Gasteiger partial charge in [0.15, 0.2) is 5.60 Å². The van der Waals surface area contributed by atoms with E-state index in [-0.39, 0.29) is 5.91 Å². The molecule has 0 spiro atoms. The lowest BCUT2D eigenvalue weighted by Crippen LogP contribution is -2.35. The zero-order valence-corrected chi connectivity index (χ0v) is 45.1. The van der Waals surface area contributed by atoms with Crippen molar-refractivity contribution in [2.75, 3.05) is 33.8 Å². The normalized spacial score (nSPS) is 18.0. The molecule has 0 bridgehead atoms. The van der Waals surface area contributed by atoms with E-state index >= 15 is 0 Å². The summed E-state index contributed by atoms with van der Waals surface area (Å²) in [5.41, 5.74) is 13.4. The van der Waals surface area contributed by atoms with Crippen molar-refractivity contribution < 1.29 is 28.5 Å². The Kier molecular flexibility index (Phi) is 14.1. The molecule has 1 fully saturated rings. The summed E-state index contributed by atoms with van der Waals surface area (Å²) in [7, 11) is 6.88. The summed E-state index contributed by atoms with van der Waals surface area (Å²) >= 11 is 0. The van der Waals surface area contributed by atoms with E-state index in [1.165, 1.54) is 62.5 Å². The minimum Gasteiger partial charge on any atom is -0.497 e. The molecule has 7 heteroatoms. The molecule has 76 heavy (non-hydrogen) atoms. The molecule has 1 N–H and O–H groups in total. The fourth-order valence-corrected chi connectivity index (χ4v) is 12.8. The fourth-order valence-electron chi connectivity index (χ4n) is 12.8. The second-order valence-electron chi connectivity index (χ2n) is 21.0. The summed E-state index contributed by atoms with van der Waals surface area (Å²) in [5, 5.41) is 5.08. The lowest BCUT2D eigenvalue weighted by atomic mass is 9.77. The Labute approximate surface area is 448 Å². The Balaban J connectivity index is 0.922. The van der Waals surface area contributed by atoms with Gasteiger partial charge in [0.1, 0.15) is 28.6 Å². The van der Waals surface area contributed by atoms with Gasteiger partial charge in [0.2, 0.25) is 0 Å². The third kappa shape index (κ3) is 8.92. The monoisotopic (exact) mass is 1010 g/mol. The highest BCUT2D eigenvalue weighted by atomic mass is 16.5. The van der Waals surface area contributed by atoms with Gasteiger partial charge in [0.05, 0.1) is 21.3 Å². The van der Waals surface area contributed by atoms with Gasteiger partial charge in [-0.2, -0.15) is 0 Å². The molecular formula is C69H69NO6. The van der Waals surface area contributed by atoms with Crippen LogP contribution in [0.5, 0.6) is 23.0 Å². The third-order valence-corrected chi connectivity index (χ3v) is 17.0. The zero-order valence-electron chi connectivity index (χ0n) is 45.1. The van der Waals surface area contributed by atoms with Crippen LogP contribution >= 0.6 is 0 Å². The highest BCUT2D eigenvalue weighted by Gasteiger charge is 2.48. The van der Waals surface area contributed by atoms with Gasteiger partial charge in [0, 0.05) is 51.6 Å². The van der Waals surface area contributed by atoms with Gasteiger partial charge in [-0.25, -0.2) is 0 Å². The van der Waals surface area contributed by atoms with Crippen molar-refractivity contribution in [2.45, 2.75) is 95.7 Å². The number of unbranched alkanes of at least 4 members (excludes halogenated alkanes) is 2. The molecule has 8 aromatic carbocycles. The Morgan fingerprint density at radius 3 is 1.92 bits per heavy atom. The van der Waals surface area contributed by atoms with Crippen LogP contribution in [0.15, 0.2) is 158 Å². The van der Waals surface area contributed by atoms with Gasteiger partial charge in [0.25, 0.3) is 5.91 Å². The summed E-state index contributed by atoms with van der Waals surface area (Å²) in [4.78, 5) is 14.0. The van der Waals surface area contributed by atoms with Crippen LogP contribution in [0.25, 0.3) is 50.2 Å². The second-order valence-corrected chi connectivity index (χ2v) is 21.0. The number of carbonyl (C=O) groups excluding carboxylic acids is 1.